The predicted octanol–water partition coefficient (Wildman–Crippen LogP) is 6.34. The number of cyclic esters (lactones) is 1. The van der Waals surface area contributed by atoms with Crippen molar-refractivity contribution in [3.05, 3.63) is 131 Å². The summed E-state index contributed by atoms with van der Waals surface area (Å²) in [5, 5.41) is 10.7. The van der Waals surface area contributed by atoms with Gasteiger partial charge in [-0.25, -0.2) is 9.69 Å². The van der Waals surface area contributed by atoms with Crippen LogP contribution in [0.15, 0.2) is 103 Å². The number of imide groups is 1. The molecule has 4 aliphatic rings. The van der Waals surface area contributed by atoms with Crippen LogP contribution in [0.2, 0.25) is 0 Å². The molecule has 4 heterocycles. The van der Waals surface area contributed by atoms with Gasteiger partial charge in [-0.15, -0.1) is 0 Å². The molecule has 4 aromatic rings. The van der Waals surface area contributed by atoms with Crippen molar-refractivity contribution in [3.63, 3.8) is 0 Å². The van der Waals surface area contributed by atoms with Crippen LogP contribution in [0.5, 0.6) is 5.75 Å². The monoisotopic (exact) mass is 911 g/mol. The molecule has 8 rings (SSSR count). The first-order chi connectivity index (χ1) is 32.6. The Kier molecular flexibility index (Phi) is 14.0. The van der Waals surface area contributed by atoms with E-state index in [1.807, 2.05) is 65.6 Å². The summed E-state index contributed by atoms with van der Waals surface area (Å²) in [6, 6.07) is 26.4. The van der Waals surface area contributed by atoms with Gasteiger partial charge in [-0.3, -0.25) is 28.9 Å². The number of phenolic OH excluding ortho intramolecular Hbond substituents is 1. The molecule has 0 aliphatic carbocycles. The number of rotatable bonds is 10. The normalized spacial score (nSPS) is 23.6. The van der Waals surface area contributed by atoms with E-state index in [9.17, 15) is 19.5 Å². The Morgan fingerprint density at radius 1 is 0.761 bits per heavy atom. The Bertz CT molecular complexity index is 2540. The van der Waals surface area contributed by atoms with Crippen molar-refractivity contribution in [2.24, 2.45) is 11.8 Å². The number of esters is 3. The molecule has 3 amide bonds. The fraction of sp³-hybridized carbons (Fsp3) is 0.385. The highest BCUT2D eigenvalue weighted by molar-refractivity contribution is 6.23. The number of carbonyl (C=O) groups excluding carboxylic acids is 6. The third kappa shape index (κ3) is 8.63. The summed E-state index contributed by atoms with van der Waals surface area (Å²) in [5.41, 5.74) is 0.461. The molecule has 0 radical (unpaired) electrons. The Morgan fingerprint density at radius 2 is 1.39 bits per heavy atom. The minimum Gasteiger partial charge on any atom is -0.508 e. The number of ether oxygens (including phenoxy) is 5. The first-order valence-electron chi connectivity index (χ1n) is 22.5. The number of morpholine rings is 1. The van der Waals surface area contributed by atoms with Gasteiger partial charge in [0.2, 0.25) is 11.8 Å². The van der Waals surface area contributed by atoms with Crippen molar-refractivity contribution in [2.45, 2.75) is 68.2 Å². The highest BCUT2D eigenvalue weighted by Crippen LogP contribution is 2.66. The van der Waals surface area contributed by atoms with E-state index in [0.29, 0.717) is 42.6 Å². The molecular weight excluding hydrogens is 859 g/mol. The summed E-state index contributed by atoms with van der Waals surface area (Å²) in [7, 11) is 3.75. The van der Waals surface area contributed by atoms with Gasteiger partial charge in [0.15, 0.2) is 5.92 Å². The number of hydrogen-bond acceptors (Lipinski definition) is 13. The van der Waals surface area contributed by atoms with E-state index in [-0.39, 0.29) is 36.6 Å². The molecule has 1 spiro atoms. The second-order valence-corrected chi connectivity index (χ2v) is 17.0. The molecule has 0 saturated carbocycles. The van der Waals surface area contributed by atoms with Gasteiger partial charge in [0, 0.05) is 32.2 Å². The van der Waals surface area contributed by atoms with E-state index in [4.69, 9.17) is 23.7 Å². The maximum atomic E-state index is 16.4. The van der Waals surface area contributed by atoms with Gasteiger partial charge in [0.25, 0.3) is 0 Å². The summed E-state index contributed by atoms with van der Waals surface area (Å²) in [6.45, 7) is 0.595. The Labute approximate surface area is 388 Å². The van der Waals surface area contributed by atoms with Crippen molar-refractivity contribution in [3.8, 4) is 17.6 Å². The molecule has 67 heavy (non-hydrogen) atoms. The van der Waals surface area contributed by atoms with Crippen LogP contribution in [0, 0.1) is 23.7 Å². The molecule has 3 fully saturated rings. The fourth-order valence-electron chi connectivity index (χ4n) is 10.3. The number of phenols is 1. The minimum absolute atomic E-state index is 0.0337. The van der Waals surface area contributed by atoms with E-state index in [0.717, 1.165) is 43.9 Å². The molecule has 1 N–H and O–H groups in total. The van der Waals surface area contributed by atoms with Crippen molar-refractivity contribution in [1.82, 2.24) is 9.80 Å². The van der Waals surface area contributed by atoms with Gasteiger partial charge in [-0.1, -0.05) is 104 Å². The first kappa shape index (κ1) is 46.5. The maximum Gasteiger partial charge on any atom is 0.421 e. The number of hydrogen-bond donors (Lipinski definition) is 1. The van der Waals surface area contributed by atoms with Crippen LogP contribution in [-0.2, 0) is 53.1 Å². The van der Waals surface area contributed by atoms with Crippen molar-refractivity contribution < 1.29 is 57.6 Å². The van der Waals surface area contributed by atoms with Gasteiger partial charge in [-0.05, 0) is 65.4 Å². The molecule has 6 atom stereocenters. The topological polar surface area (TPSA) is 179 Å². The number of nitrogens with zero attached hydrogens (tertiary/aromatic N) is 3. The molecular formula is C52H53N3O12. The lowest BCUT2D eigenvalue weighted by Crippen LogP contribution is -2.56. The van der Waals surface area contributed by atoms with Gasteiger partial charge >= 0.3 is 24.0 Å². The van der Waals surface area contributed by atoms with Crippen molar-refractivity contribution >= 4 is 41.5 Å². The number of amides is 3. The summed E-state index contributed by atoms with van der Waals surface area (Å²) < 4.78 is 27.1. The highest BCUT2D eigenvalue weighted by atomic mass is 16.6. The average Bonchev–Trinajstić information content (AvgIpc) is 3.79. The lowest BCUT2D eigenvalue weighted by molar-refractivity contribution is -0.179. The maximum absolute atomic E-state index is 16.4. The number of carbonyl (C=O) groups is 6. The summed E-state index contributed by atoms with van der Waals surface area (Å²) in [5.74, 6) is -0.619. The summed E-state index contributed by atoms with van der Waals surface area (Å²) in [6.07, 6.45) is 1.97. The minimum atomic E-state index is -2.06. The van der Waals surface area contributed by atoms with E-state index in [1.165, 1.54) is 19.2 Å². The second-order valence-electron chi connectivity index (χ2n) is 17.0. The number of anilines is 1. The number of methoxy groups -OCH3 is 3. The number of aromatic hydroxyl groups is 1. The molecule has 15 nitrogen and oxygen atoms in total. The van der Waals surface area contributed by atoms with E-state index in [2.05, 4.69) is 11.8 Å². The van der Waals surface area contributed by atoms with Crippen LogP contribution in [-0.4, -0.2) is 104 Å². The largest absolute Gasteiger partial charge is 0.508 e. The average molecular weight is 912 g/mol. The van der Waals surface area contributed by atoms with Crippen molar-refractivity contribution in [1.29, 1.82) is 0 Å². The third-order valence-corrected chi connectivity index (χ3v) is 13.3. The van der Waals surface area contributed by atoms with E-state index < -0.39 is 77.3 Å². The van der Waals surface area contributed by atoms with E-state index in [1.54, 1.807) is 35.2 Å². The van der Waals surface area contributed by atoms with Crippen LogP contribution in [0.25, 0.3) is 0 Å². The Balaban J connectivity index is 1.43. The zero-order chi connectivity index (χ0) is 47.2. The van der Waals surface area contributed by atoms with Gasteiger partial charge in [0.1, 0.15) is 29.9 Å². The van der Waals surface area contributed by atoms with Crippen LogP contribution >= 0.6 is 0 Å². The second kappa shape index (κ2) is 20.2. The number of benzene rings is 4. The summed E-state index contributed by atoms with van der Waals surface area (Å²) >= 11 is 0. The molecule has 0 aromatic heterocycles. The van der Waals surface area contributed by atoms with Gasteiger partial charge in [0.05, 0.1) is 44.5 Å². The quantitative estimate of drug-likeness (QED) is 0.0614. The SMILES string of the molecule is COCCOC(=O)N1C(=O)[C@@]2(c3cc(C#CCC(C(=O)OC)C(=O)OC)ccc31)[C@H](C(=O)N1CCCCCCC1)[C@H]1C(=O)O[C@H](c3ccccc3)[C@H](c3ccccc3)N1[C@@H]2c1ccc(O)cc1. The van der Waals surface area contributed by atoms with Crippen LogP contribution in [0.4, 0.5) is 10.5 Å². The summed E-state index contributed by atoms with van der Waals surface area (Å²) in [4.78, 5) is 92.0. The standard InChI is InChI=1S/C52H53N3O12/c1-63-30-31-66-51(62)54-40-27-22-33(16-15-21-38(47(58)64-2)48(59)65-3)32-39(40)52(50(54)61)41(46(57)53-28-13-5-4-6-14-29-53)43-49(60)67-44(35-19-11-8-12-20-35)42(34-17-9-7-10-18-34)55(43)45(52)36-23-25-37(56)26-24-36/h7-12,17-20,22-27,32,38,41-45,56H,4-6,13-14,21,28-31H2,1-3H3/t41-,42-,43-,44+,45+,52-/m0/s1. The first-order valence-corrected chi connectivity index (χ1v) is 22.5. The van der Waals surface area contributed by atoms with Gasteiger partial charge < -0.3 is 33.7 Å². The molecule has 4 aromatic carbocycles. The Morgan fingerprint density at radius 3 is 2.01 bits per heavy atom. The molecule has 15 heteroatoms. The van der Waals surface area contributed by atoms with Crippen LogP contribution in [0.3, 0.4) is 0 Å². The highest BCUT2D eigenvalue weighted by Gasteiger charge is 2.76. The molecule has 348 valence electrons. The zero-order valence-electron chi connectivity index (χ0n) is 37.6. The number of likely N-dealkylation sites (tertiary alicyclic amines) is 1. The molecule has 3 saturated heterocycles. The van der Waals surface area contributed by atoms with Crippen LogP contribution in [0.1, 0.15) is 84.5 Å². The fourth-order valence-corrected chi connectivity index (χ4v) is 10.3. The van der Waals surface area contributed by atoms with Crippen molar-refractivity contribution in [2.75, 3.05) is 52.5 Å². The lowest BCUT2D eigenvalue weighted by Gasteiger charge is -2.46. The third-order valence-electron chi connectivity index (χ3n) is 13.3. The molecule has 4 aliphatic heterocycles. The molecule has 0 bridgehead atoms. The molecule has 0 unspecified atom stereocenters. The lowest BCUT2D eigenvalue weighted by atomic mass is 9.64. The van der Waals surface area contributed by atoms with Gasteiger partial charge in [-0.2, -0.15) is 0 Å². The van der Waals surface area contributed by atoms with Crippen LogP contribution < -0.4 is 4.90 Å². The smallest absolute Gasteiger partial charge is 0.421 e. The van der Waals surface area contributed by atoms with E-state index >= 15 is 14.4 Å². The Hall–Kier alpha value is -7.02. The predicted molar refractivity (Wildman–Crippen MR) is 242 cm³/mol. The number of fused-ring (bicyclic) bond motifs is 3. The zero-order valence-corrected chi connectivity index (χ0v) is 37.6.